The Morgan fingerprint density at radius 2 is 2.14 bits per heavy atom. The molecule has 2 nitrogen and oxygen atoms in total. The van der Waals surface area contributed by atoms with E-state index in [9.17, 15) is 0 Å². The molecule has 2 N–H and O–H groups in total. The van der Waals surface area contributed by atoms with Crippen molar-refractivity contribution in [3.63, 3.8) is 0 Å². The minimum atomic E-state index is 0.275. The molecule has 78 valence electrons. The van der Waals surface area contributed by atoms with E-state index in [0.29, 0.717) is 0 Å². The Morgan fingerprint density at radius 3 is 2.64 bits per heavy atom. The number of nitrogens with two attached hydrogens (primary N) is 1. The molecule has 1 aromatic carbocycles. The second kappa shape index (κ2) is 5.01. The van der Waals surface area contributed by atoms with Crippen LogP contribution in [0.25, 0.3) is 0 Å². The van der Waals surface area contributed by atoms with Crippen LogP contribution in [0.5, 0.6) is 5.75 Å². The predicted octanol–water partition coefficient (Wildman–Crippen LogP) is 2.28. The van der Waals surface area contributed by atoms with E-state index in [1.165, 1.54) is 11.1 Å². The van der Waals surface area contributed by atoms with Gasteiger partial charge in [0.2, 0.25) is 0 Å². The van der Waals surface area contributed by atoms with Gasteiger partial charge in [0.1, 0.15) is 5.75 Å². The van der Waals surface area contributed by atoms with Crippen molar-refractivity contribution in [2.75, 3.05) is 7.11 Å². The van der Waals surface area contributed by atoms with Crippen molar-refractivity contribution in [1.29, 1.82) is 0 Å². The van der Waals surface area contributed by atoms with Crippen LogP contribution in [-0.2, 0) is 6.42 Å². The lowest BCUT2D eigenvalue weighted by atomic mass is 10.0. The van der Waals surface area contributed by atoms with E-state index in [0.717, 1.165) is 18.6 Å². The molecular weight excluding hydrogens is 174 g/mol. The lowest BCUT2D eigenvalue weighted by Crippen LogP contribution is -2.15. The topological polar surface area (TPSA) is 35.2 Å². The van der Waals surface area contributed by atoms with Gasteiger partial charge in [-0.3, -0.25) is 0 Å². The van der Waals surface area contributed by atoms with E-state index in [1.54, 1.807) is 7.11 Å². The van der Waals surface area contributed by atoms with Crippen LogP contribution < -0.4 is 10.5 Å². The molecule has 0 aliphatic heterocycles. The summed E-state index contributed by atoms with van der Waals surface area (Å²) < 4.78 is 5.20. The first-order valence-corrected chi connectivity index (χ1v) is 5.02. The van der Waals surface area contributed by atoms with E-state index in [1.807, 2.05) is 13.0 Å². The Kier molecular flexibility index (Phi) is 3.96. The van der Waals surface area contributed by atoms with Gasteiger partial charge in [0, 0.05) is 6.04 Å². The van der Waals surface area contributed by atoms with Crippen molar-refractivity contribution < 1.29 is 4.74 Å². The Labute approximate surface area is 86.1 Å². The van der Waals surface area contributed by atoms with Crippen LogP contribution in [0.4, 0.5) is 0 Å². The van der Waals surface area contributed by atoms with E-state index in [-0.39, 0.29) is 6.04 Å². The second-order valence-electron chi connectivity index (χ2n) is 3.82. The Bertz CT molecular complexity index is 294. The lowest BCUT2D eigenvalue weighted by Gasteiger charge is -2.08. The van der Waals surface area contributed by atoms with Crippen LogP contribution in [0.15, 0.2) is 18.2 Å². The van der Waals surface area contributed by atoms with Gasteiger partial charge in [-0.1, -0.05) is 12.1 Å². The number of ether oxygens (including phenoxy) is 1. The molecule has 1 atom stereocenters. The molecule has 0 saturated heterocycles. The Hall–Kier alpha value is -1.02. The minimum Gasteiger partial charge on any atom is -0.496 e. The number of aryl methyl sites for hydroxylation is 2. The summed E-state index contributed by atoms with van der Waals surface area (Å²) in [5, 5.41) is 0. The average molecular weight is 193 g/mol. The SMILES string of the molecule is COc1ccc(CCC(C)N)cc1C. The standard InChI is InChI=1S/C12H19NO/c1-9-8-11(5-4-10(2)13)6-7-12(9)14-3/h6-8,10H,4-5,13H2,1-3H3. The largest absolute Gasteiger partial charge is 0.496 e. The molecule has 0 heterocycles. The third kappa shape index (κ3) is 3.04. The molecule has 0 fully saturated rings. The highest BCUT2D eigenvalue weighted by atomic mass is 16.5. The maximum Gasteiger partial charge on any atom is 0.121 e. The summed E-state index contributed by atoms with van der Waals surface area (Å²) in [4.78, 5) is 0. The van der Waals surface area contributed by atoms with Crippen molar-refractivity contribution >= 4 is 0 Å². The Morgan fingerprint density at radius 1 is 1.43 bits per heavy atom. The van der Waals surface area contributed by atoms with E-state index < -0.39 is 0 Å². The summed E-state index contributed by atoms with van der Waals surface area (Å²) in [6.07, 6.45) is 2.08. The number of rotatable bonds is 4. The molecule has 0 bridgehead atoms. The van der Waals surface area contributed by atoms with E-state index >= 15 is 0 Å². The maximum atomic E-state index is 5.71. The van der Waals surface area contributed by atoms with Gasteiger partial charge in [0.05, 0.1) is 7.11 Å². The molecule has 1 aromatic rings. The van der Waals surface area contributed by atoms with E-state index in [4.69, 9.17) is 10.5 Å². The lowest BCUT2D eigenvalue weighted by molar-refractivity contribution is 0.411. The fraction of sp³-hybridized carbons (Fsp3) is 0.500. The number of hydrogen-bond donors (Lipinski definition) is 1. The predicted molar refractivity (Wildman–Crippen MR) is 59.7 cm³/mol. The first kappa shape index (κ1) is 11.1. The van der Waals surface area contributed by atoms with Crippen LogP contribution >= 0.6 is 0 Å². The van der Waals surface area contributed by atoms with Crippen LogP contribution in [0, 0.1) is 6.92 Å². The quantitative estimate of drug-likeness (QED) is 0.796. The summed E-state index contributed by atoms with van der Waals surface area (Å²) in [5.74, 6) is 0.953. The normalized spacial score (nSPS) is 12.6. The number of benzene rings is 1. The second-order valence-corrected chi connectivity index (χ2v) is 3.82. The molecule has 1 rings (SSSR count). The third-order valence-electron chi connectivity index (χ3n) is 2.35. The summed E-state index contributed by atoms with van der Waals surface area (Å²) in [6.45, 7) is 4.10. The van der Waals surface area contributed by atoms with Crippen molar-refractivity contribution in [1.82, 2.24) is 0 Å². The first-order chi connectivity index (χ1) is 6.63. The van der Waals surface area contributed by atoms with Gasteiger partial charge in [-0.15, -0.1) is 0 Å². The van der Waals surface area contributed by atoms with Gasteiger partial charge in [-0.05, 0) is 43.9 Å². The number of methoxy groups -OCH3 is 1. The van der Waals surface area contributed by atoms with Gasteiger partial charge < -0.3 is 10.5 Å². The van der Waals surface area contributed by atoms with Crippen LogP contribution in [-0.4, -0.2) is 13.2 Å². The van der Waals surface area contributed by atoms with Crippen LogP contribution in [0.3, 0.4) is 0 Å². The maximum absolute atomic E-state index is 5.71. The average Bonchev–Trinajstić information content (AvgIpc) is 2.15. The highest BCUT2D eigenvalue weighted by Crippen LogP contribution is 2.19. The van der Waals surface area contributed by atoms with Crippen molar-refractivity contribution in [3.05, 3.63) is 29.3 Å². The molecule has 1 unspecified atom stereocenters. The van der Waals surface area contributed by atoms with Crippen molar-refractivity contribution in [2.45, 2.75) is 32.7 Å². The van der Waals surface area contributed by atoms with Crippen molar-refractivity contribution in [3.8, 4) is 5.75 Å². The Balaban J connectivity index is 2.66. The van der Waals surface area contributed by atoms with Crippen molar-refractivity contribution in [2.24, 2.45) is 5.73 Å². The van der Waals surface area contributed by atoms with Crippen LogP contribution in [0.2, 0.25) is 0 Å². The zero-order chi connectivity index (χ0) is 10.6. The van der Waals surface area contributed by atoms with Gasteiger partial charge in [-0.25, -0.2) is 0 Å². The summed E-state index contributed by atoms with van der Waals surface area (Å²) in [7, 11) is 1.70. The highest BCUT2D eigenvalue weighted by molar-refractivity contribution is 5.36. The molecule has 0 aliphatic carbocycles. The van der Waals surface area contributed by atoms with Gasteiger partial charge in [0.25, 0.3) is 0 Å². The first-order valence-electron chi connectivity index (χ1n) is 5.02. The molecule has 0 amide bonds. The molecule has 0 spiro atoms. The summed E-state index contributed by atoms with van der Waals surface area (Å²) >= 11 is 0. The fourth-order valence-electron chi connectivity index (χ4n) is 1.49. The molecule has 14 heavy (non-hydrogen) atoms. The monoisotopic (exact) mass is 193 g/mol. The van der Waals surface area contributed by atoms with Gasteiger partial charge >= 0.3 is 0 Å². The van der Waals surface area contributed by atoms with E-state index in [2.05, 4.69) is 19.1 Å². The molecular formula is C12H19NO. The molecule has 0 saturated carbocycles. The van der Waals surface area contributed by atoms with Gasteiger partial charge in [0.15, 0.2) is 0 Å². The molecule has 0 radical (unpaired) electrons. The zero-order valence-corrected chi connectivity index (χ0v) is 9.21. The minimum absolute atomic E-state index is 0.275. The fourth-order valence-corrected chi connectivity index (χ4v) is 1.49. The zero-order valence-electron chi connectivity index (χ0n) is 9.21. The molecule has 0 aromatic heterocycles. The number of hydrogen-bond acceptors (Lipinski definition) is 2. The summed E-state index contributed by atoms with van der Waals surface area (Å²) in [6, 6.07) is 6.57. The third-order valence-corrected chi connectivity index (χ3v) is 2.35. The smallest absolute Gasteiger partial charge is 0.121 e. The van der Waals surface area contributed by atoms with Crippen LogP contribution in [0.1, 0.15) is 24.5 Å². The highest BCUT2D eigenvalue weighted by Gasteiger charge is 2.01. The summed E-state index contributed by atoms with van der Waals surface area (Å²) in [5.41, 5.74) is 8.23. The molecule has 2 heteroatoms. The van der Waals surface area contributed by atoms with Gasteiger partial charge in [-0.2, -0.15) is 0 Å². The molecule has 0 aliphatic rings.